The van der Waals surface area contributed by atoms with Crippen LogP contribution >= 0.6 is 0 Å². The molecule has 128 valence electrons. The number of amides is 1. The second-order valence-corrected chi connectivity index (χ2v) is 6.10. The highest BCUT2D eigenvalue weighted by Gasteiger charge is 2.19. The van der Waals surface area contributed by atoms with E-state index in [0.717, 1.165) is 25.9 Å². The number of aromatic nitrogens is 4. The highest BCUT2D eigenvalue weighted by Crippen LogP contribution is 2.27. The Hall–Kier alpha value is -3.00. The molecule has 4 heterocycles. The van der Waals surface area contributed by atoms with Gasteiger partial charge < -0.3 is 16.4 Å². The first kappa shape index (κ1) is 15.5. The minimum absolute atomic E-state index is 0.142. The highest BCUT2D eigenvalue weighted by atomic mass is 16.1. The molecule has 0 bridgehead atoms. The molecule has 1 amide bonds. The normalized spacial score (nSPS) is 17.5. The third-order valence-corrected chi connectivity index (χ3v) is 4.31. The molecule has 0 aromatic carbocycles. The maximum Gasteiger partial charge on any atom is 0.254 e. The van der Waals surface area contributed by atoms with Gasteiger partial charge in [0.05, 0.1) is 16.8 Å². The van der Waals surface area contributed by atoms with Gasteiger partial charge >= 0.3 is 0 Å². The summed E-state index contributed by atoms with van der Waals surface area (Å²) in [5.74, 6) is 0.178. The molecule has 0 radical (unpaired) electrons. The molecule has 0 spiro atoms. The summed E-state index contributed by atoms with van der Waals surface area (Å²) in [5.41, 5.74) is 8.44. The molecule has 1 fully saturated rings. The molecule has 8 heteroatoms. The van der Waals surface area contributed by atoms with Crippen LogP contribution in [0.15, 0.2) is 36.8 Å². The lowest BCUT2D eigenvalue weighted by Gasteiger charge is -2.23. The minimum atomic E-state index is -0.156. The quantitative estimate of drug-likeness (QED) is 0.654. The van der Waals surface area contributed by atoms with Crippen molar-refractivity contribution in [3.63, 3.8) is 0 Å². The molecule has 4 rings (SSSR count). The number of anilines is 1. The molecule has 8 nitrogen and oxygen atoms in total. The van der Waals surface area contributed by atoms with E-state index in [0.29, 0.717) is 28.3 Å². The van der Waals surface area contributed by atoms with E-state index in [-0.39, 0.29) is 11.9 Å². The van der Waals surface area contributed by atoms with Crippen molar-refractivity contribution >= 4 is 17.4 Å². The molecular weight excluding hydrogens is 318 g/mol. The van der Waals surface area contributed by atoms with E-state index >= 15 is 0 Å². The predicted molar refractivity (Wildman–Crippen MR) is 94.0 cm³/mol. The highest BCUT2D eigenvalue weighted by molar-refractivity contribution is 5.94. The molecule has 3 aromatic heterocycles. The van der Waals surface area contributed by atoms with Gasteiger partial charge in [-0.3, -0.25) is 9.78 Å². The van der Waals surface area contributed by atoms with Crippen molar-refractivity contribution in [3.05, 3.63) is 42.4 Å². The van der Waals surface area contributed by atoms with Gasteiger partial charge in [-0.15, -0.1) is 5.10 Å². The first-order valence-electron chi connectivity index (χ1n) is 8.29. The van der Waals surface area contributed by atoms with Gasteiger partial charge in [0.15, 0.2) is 11.5 Å². The summed E-state index contributed by atoms with van der Waals surface area (Å²) in [4.78, 5) is 21.2. The number of pyridine rings is 1. The summed E-state index contributed by atoms with van der Waals surface area (Å²) in [6.45, 7) is 1.79. The van der Waals surface area contributed by atoms with Gasteiger partial charge in [-0.1, -0.05) is 6.07 Å². The zero-order valence-electron chi connectivity index (χ0n) is 13.6. The third-order valence-electron chi connectivity index (χ3n) is 4.31. The van der Waals surface area contributed by atoms with Gasteiger partial charge in [-0.05, 0) is 31.5 Å². The number of carbonyl (C=O) groups is 1. The van der Waals surface area contributed by atoms with Crippen LogP contribution < -0.4 is 16.4 Å². The van der Waals surface area contributed by atoms with Crippen LogP contribution in [0.3, 0.4) is 0 Å². The zero-order valence-corrected chi connectivity index (χ0v) is 13.6. The summed E-state index contributed by atoms with van der Waals surface area (Å²) < 4.78 is 1.54. The molecule has 4 N–H and O–H groups in total. The molecule has 1 atom stereocenters. The van der Waals surface area contributed by atoms with E-state index in [1.54, 1.807) is 18.6 Å². The van der Waals surface area contributed by atoms with Crippen molar-refractivity contribution in [2.75, 3.05) is 18.8 Å². The molecule has 0 saturated carbocycles. The summed E-state index contributed by atoms with van der Waals surface area (Å²) in [7, 11) is 0. The van der Waals surface area contributed by atoms with Crippen molar-refractivity contribution in [1.29, 1.82) is 0 Å². The Morgan fingerprint density at radius 2 is 2.28 bits per heavy atom. The topological polar surface area (TPSA) is 110 Å². The lowest BCUT2D eigenvalue weighted by Crippen LogP contribution is -2.45. The van der Waals surface area contributed by atoms with Gasteiger partial charge in [0.1, 0.15) is 0 Å². The van der Waals surface area contributed by atoms with Crippen LogP contribution in [0.4, 0.5) is 5.82 Å². The molecule has 25 heavy (non-hydrogen) atoms. The molecule has 1 aliphatic rings. The Bertz CT molecular complexity index is 900. The lowest BCUT2D eigenvalue weighted by atomic mass is 10.1. The maximum atomic E-state index is 12.5. The van der Waals surface area contributed by atoms with Crippen LogP contribution in [0, 0.1) is 0 Å². The Balaban J connectivity index is 1.64. The van der Waals surface area contributed by atoms with Crippen LogP contribution in [0.25, 0.3) is 16.9 Å². The monoisotopic (exact) mass is 337 g/mol. The van der Waals surface area contributed by atoms with Gasteiger partial charge in [-0.25, -0.2) is 9.50 Å². The van der Waals surface area contributed by atoms with Gasteiger partial charge in [0, 0.05) is 31.2 Å². The van der Waals surface area contributed by atoms with Gasteiger partial charge in [-0.2, -0.15) is 0 Å². The molecule has 3 aromatic rings. The average molecular weight is 337 g/mol. The number of rotatable bonds is 3. The number of nitrogens with zero attached hydrogens (tertiary/aromatic N) is 4. The first-order chi connectivity index (χ1) is 12.2. The Morgan fingerprint density at radius 1 is 1.36 bits per heavy atom. The van der Waals surface area contributed by atoms with Crippen molar-refractivity contribution in [2.45, 2.75) is 18.9 Å². The number of carbonyl (C=O) groups excluding carboxylic acids is 1. The van der Waals surface area contributed by atoms with E-state index in [2.05, 4.69) is 25.7 Å². The van der Waals surface area contributed by atoms with Gasteiger partial charge in [0.25, 0.3) is 5.91 Å². The molecular formula is C17H19N7O. The Morgan fingerprint density at radius 3 is 3.04 bits per heavy atom. The fourth-order valence-corrected chi connectivity index (χ4v) is 3.07. The van der Waals surface area contributed by atoms with E-state index in [4.69, 9.17) is 5.73 Å². The number of hydrogen-bond acceptors (Lipinski definition) is 6. The Kier molecular flexibility index (Phi) is 4.02. The second kappa shape index (κ2) is 6.48. The number of nitrogen functional groups attached to an aromatic ring is 1. The summed E-state index contributed by atoms with van der Waals surface area (Å²) in [5, 5.41) is 10.6. The SMILES string of the molecule is Nc1nn2cc(C(=O)NC3CCCNC3)cnc2c1-c1ccccn1. The predicted octanol–water partition coefficient (Wildman–Crippen LogP) is 0.855. The standard InChI is InChI=1S/C17H19N7O/c18-15-14(13-5-1-2-7-20-13)16-21-8-11(10-24(16)23-15)17(25)22-12-4-3-6-19-9-12/h1-2,5,7-8,10,12,19H,3-4,6,9H2,(H2,18,23)(H,22,25). The molecule has 1 unspecified atom stereocenters. The van der Waals surface area contributed by atoms with E-state index in [1.165, 1.54) is 4.52 Å². The molecule has 1 saturated heterocycles. The summed E-state index contributed by atoms with van der Waals surface area (Å²) >= 11 is 0. The molecule has 0 aliphatic carbocycles. The van der Waals surface area contributed by atoms with E-state index in [9.17, 15) is 4.79 Å². The zero-order chi connectivity index (χ0) is 17.2. The smallest absolute Gasteiger partial charge is 0.254 e. The number of fused-ring (bicyclic) bond motifs is 1. The van der Waals surface area contributed by atoms with Crippen molar-refractivity contribution < 1.29 is 4.79 Å². The average Bonchev–Trinajstić information content (AvgIpc) is 2.98. The summed E-state index contributed by atoms with van der Waals surface area (Å²) in [6.07, 6.45) is 6.93. The number of nitrogens with one attached hydrogen (secondary N) is 2. The van der Waals surface area contributed by atoms with Crippen LogP contribution in [0.5, 0.6) is 0 Å². The van der Waals surface area contributed by atoms with Gasteiger partial charge in [0.2, 0.25) is 0 Å². The third kappa shape index (κ3) is 3.03. The maximum absolute atomic E-state index is 12.5. The lowest BCUT2D eigenvalue weighted by molar-refractivity contribution is 0.0929. The minimum Gasteiger partial charge on any atom is -0.382 e. The summed E-state index contributed by atoms with van der Waals surface area (Å²) in [6, 6.07) is 5.71. The number of nitrogens with two attached hydrogens (primary N) is 1. The van der Waals surface area contributed by atoms with Crippen LogP contribution in [0.1, 0.15) is 23.2 Å². The second-order valence-electron chi connectivity index (χ2n) is 6.10. The van der Waals surface area contributed by atoms with Crippen molar-refractivity contribution in [2.24, 2.45) is 0 Å². The van der Waals surface area contributed by atoms with E-state index in [1.807, 2.05) is 18.2 Å². The van der Waals surface area contributed by atoms with Crippen molar-refractivity contribution in [3.8, 4) is 11.3 Å². The first-order valence-corrected chi connectivity index (χ1v) is 8.29. The van der Waals surface area contributed by atoms with Crippen LogP contribution in [-0.2, 0) is 0 Å². The van der Waals surface area contributed by atoms with E-state index < -0.39 is 0 Å². The molecule has 1 aliphatic heterocycles. The van der Waals surface area contributed by atoms with Crippen molar-refractivity contribution in [1.82, 2.24) is 30.2 Å². The fraction of sp³-hybridized carbons (Fsp3) is 0.294. The van der Waals surface area contributed by atoms with Crippen LogP contribution in [0.2, 0.25) is 0 Å². The number of piperidine rings is 1. The van der Waals surface area contributed by atoms with Crippen LogP contribution in [-0.4, -0.2) is 44.6 Å². The Labute approximate surface area is 144 Å². The fourth-order valence-electron chi connectivity index (χ4n) is 3.07. The number of hydrogen-bond donors (Lipinski definition) is 3. The largest absolute Gasteiger partial charge is 0.382 e.